The molecule has 1 aliphatic heterocycles. The molecule has 0 unspecified atom stereocenters. The second kappa shape index (κ2) is 4.48. The van der Waals surface area contributed by atoms with E-state index in [-0.39, 0.29) is 17.9 Å². The molecule has 1 aromatic carbocycles. The Kier molecular flexibility index (Phi) is 2.86. The van der Waals surface area contributed by atoms with Crippen LogP contribution in [0.1, 0.15) is 50.8 Å². The van der Waals surface area contributed by atoms with Crippen molar-refractivity contribution in [1.82, 2.24) is 4.90 Å². The average Bonchev–Trinajstić information content (AvgIpc) is 2.88. The molecule has 1 aromatic heterocycles. The van der Waals surface area contributed by atoms with E-state index in [4.69, 9.17) is 10.2 Å². The number of nitrogen functional groups attached to an aromatic ring is 1. The van der Waals surface area contributed by atoms with E-state index in [1.54, 1.807) is 18.2 Å². The van der Waals surface area contributed by atoms with Crippen molar-refractivity contribution in [3.05, 3.63) is 52.5 Å². The predicted molar refractivity (Wildman–Crippen MR) is 78.0 cm³/mol. The first-order valence-electron chi connectivity index (χ1n) is 6.74. The Morgan fingerprint density at radius 3 is 2.38 bits per heavy atom. The first kappa shape index (κ1) is 13.4. The van der Waals surface area contributed by atoms with Crippen molar-refractivity contribution in [2.24, 2.45) is 0 Å². The maximum Gasteiger partial charge on any atom is 0.262 e. The van der Waals surface area contributed by atoms with Crippen LogP contribution in [0.15, 0.2) is 28.7 Å². The van der Waals surface area contributed by atoms with Gasteiger partial charge in [-0.15, -0.1) is 0 Å². The summed E-state index contributed by atoms with van der Waals surface area (Å²) in [4.78, 5) is 26.3. The minimum absolute atomic E-state index is 0.291. The molecule has 0 spiro atoms. The number of benzene rings is 1. The smallest absolute Gasteiger partial charge is 0.262 e. The molecule has 2 aromatic rings. The van der Waals surface area contributed by atoms with E-state index in [2.05, 4.69) is 0 Å². The first-order chi connectivity index (χ1) is 9.90. The lowest BCUT2D eigenvalue weighted by Crippen LogP contribution is -2.32. The number of carbonyl (C=O) groups is 2. The van der Waals surface area contributed by atoms with Crippen molar-refractivity contribution in [2.45, 2.75) is 26.8 Å². The molecule has 108 valence electrons. The molecule has 0 radical (unpaired) electrons. The van der Waals surface area contributed by atoms with E-state index in [1.807, 2.05) is 26.8 Å². The standard InChI is InChI=1S/C16H16N2O3/c1-8-6-13(10(3)21-8)9(2)18-15(19)12-5-4-11(17)7-14(12)16(18)20/h4-7,9H,17H2,1-3H3/t9-/m1/s1. The molecule has 1 aliphatic rings. The normalized spacial score (nSPS) is 15.5. The molecule has 0 saturated carbocycles. The predicted octanol–water partition coefficient (Wildman–Crippen LogP) is 2.84. The lowest BCUT2D eigenvalue weighted by atomic mass is 10.1. The van der Waals surface area contributed by atoms with Gasteiger partial charge in [0, 0.05) is 11.3 Å². The second-order valence-corrected chi connectivity index (χ2v) is 5.33. The van der Waals surface area contributed by atoms with E-state index < -0.39 is 0 Å². The summed E-state index contributed by atoms with van der Waals surface area (Å²) in [5, 5.41) is 0. The number of rotatable bonds is 2. The summed E-state index contributed by atoms with van der Waals surface area (Å²) in [6.07, 6.45) is 0. The third-order valence-corrected chi connectivity index (χ3v) is 3.86. The Balaban J connectivity index is 2.03. The van der Waals surface area contributed by atoms with E-state index in [0.717, 1.165) is 17.1 Å². The van der Waals surface area contributed by atoms with Crippen molar-refractivity contribution in [1.29, 1.82) is 0 Å². The van der Waals surface area contributed by atoms with Crippen LogP contribution in [-0.4, -0.2) is 16.7 Å². The summed E-state index contributed by atoms with van der Waals surface area (Å²) in [5.74, 6) is 0.875. The minimum atomic E-state index is -0.379. The number of nitrogens with zero attached hydrogens (tertiary/aromatic N) is 1. The minimum Gasteiger partial charge on any atom is -0.466 e. The fourth-order valence-electron chi connectivity index (χ4n) is 2.83. The number of fused-ring (bicyclic) bond motifs is 1. The summed E-state index contributed by atoms with van der Waals surface area (Å²) in [6, 6.07) is 6.26. The molecule has 0 fully saturated rings. The molecule has 1 atom stereocenters. The summed E-state index contributed by atoms with van der Waals surface area (Å²) < 4.78 is 5.49. The lowest BCUT2D eigenvalue weighted by molar-refractivity contribution is 0.0594. The topological polar surface area (TPSA) is 76.5 Å². The maximum atomic E-state index is 12.5. The Labute approximate surface area is 122 Å². The van der Waals surface area contributed by atoms with Crippen LogP contribution in [-0.2, 0) is 0 Å². The zero-order valence-electron chi connectivity index (χ0n) is 12.1. The highest BCUT2D eigenvalue weighted by Gasteiger charge is 2.39. The lowest BCUT2D eigenvalue weighted by Gasteiger charge is -2.22. The van der Waals surface area contributed by atoms with Gasteiger partial charge in [0.05, 0.1) is 17.2 Å². The maximum absolute atomic E-state index is 12.5. The molecular weight excluding hydrogens is 268 g/mol. The Morgan fingerprint density at radius 2 is 1.76 bits per heavy atom. The molecular formula is C16H16N2O3. The van der Waals surface area contributed by atoms with Crippen LogP contribution in [0.4, 0.5) is 5.69 Å². The van der Waals surface area contributed by atoms with Crippen molar-refractivity contribution < 1.29 is 14.0 Å². The largest absolute Gasteiger partial charge is 0.466 e. The van der Waals surface area contributed by atoms with Gasteiger partial charge in [0.1, 0.15) is 11.5 Å². The van der Waals surface area contributed by atoms with Gasteiger partial charge in [-0.1, -0.05) is 0 Å². The Morgan fingerprint density at radius 1 is 1.10 bits per heavy atom. The zero-order chi connectivity index (χ0) is 15.3. The summed E-state index contributed by atoms with van der Waals surface area (Å²) in [7, 11) is 0. The van der Waals surface area contributed by atoms with Gasteiger partial charge in [0.15, 0.2) is 0 Å². The van der Waals surface area contributed by atoms with E-state index in [9.17, 15) is 9.59 Å². The van der Waals surface area contributed by atoms with Gasteiger partial charge in [-0.2, -0.15) is 0 Å². The molecule has 0 saturated heterocycles. The first-order valence-corrected chi connectivity index (χ1v) is 6.74. The van der Waals surface area contributed by atoms with Crippen LogP contribution in [0.25, 0.3) is 0 Å². The Bertz CT molecular complexity index is 761. The monoisotopic (exact) mass is 284 g/mol. The molecule has 0 aliphatic carbocycles. The zero-order valence-corrected chi connectivity index (χ0v) is 12.1. The van der Waals surface area contributed by atoms with Crippen LogP contribution < -0.4 is 5.73 Å². The number of anilines is 1. The highest BCUT2D eigenvalue weighted by molar-refractivity contribution is 6.21. The fraction of sp³-hybridized carbons (Fsp3) is 0.250. The molecule has 0 bridgehead atoms. The third kappa shape index (κ3) is 1.93. The van der Waals surface area contributed by atoms with Crippen LogP contribution in [0.5, 0.6) is 0 Å². The molecule has 2 N–H and O–H groups in total. The highest BCUT2D eigenvalue weighted by atomic mass is 16.3. The summed E-state index contributed by atoms with van der Waals surface area (Å²) in [5.41, 5.74) is 7.78. The molecule has 5 heteroatoms. The van der Waals surface area contributed by atoms with Crippen molar-refractivity contribution in [3.8, 4) is 0 Å². The third-order valence-electron chi connectivity index (χ3n) is 3.86. The number of amides is 2. The van der Waals surface area contributed by atoms with Gasteiger partial charge in [0.25, 0.3) is 11.8 Å². The second-order valence-electron chi connectivity index (χ2n) is 5.33. The summed E-state index contributed by atoms with van der Waals surface area (Å²) >= 11 is 0. The van der Waals surface area contributed by atoms with Crippen molar-refractivity contribution in [2.75, 3.05) is 5.73 Å². The van der Waals surface area contributed by atoms with Crippen molar-refractivity contribution >= 4 is 17.5 Å². The van der Waals surface area contributed by atoms with Crippen LogP contribution in [0.3, 0.4) is 0 Å². The quantitative estimate of drug-likeness (QED) is 0.679. The van der Waals surface area contributed by atoms with Gasteiger partial charge in [-0.05, 0) is 45.0 Å². The van der Waals surface area contributed by atoms with E-state index in [0.29, 0.717) is 16.8 Å². The molecule has 21 heavy (non-hydrogen) atoms. The number of furan rings is 1. The molecule has 3 rings (SSSR count). The number of imide groups is 1. The summed E-state index contributed by atoms with van der Waals surface area (Å²) in [6.45, 7) is 5.49. The number of nitrogens with two attached hydrogens (primary N) is 1. The Hall–Kier alpha value is -2.56. The highest BCUT2D eigenvalue weighted by Crippen LogP contribution is 2.34. The molecule has 2 amide bonds. The van der Waals surface area contributed by atoms with Gasteiger partial charge in [-0.25, -0.2) is 0 Å². The fourth-order valence-corrected chi connectivity index (χ4v) is 2.83. The van der Waals surface area contributed by atoms with Crippen LogP contribution >= 0.6 is 0 Å². The van der Waals surface area contributed by atoms with Crippen molar-refractivity contribution in [3.63, 3.8) is 0 Å². The van der Waals surface area contributed by atoms with Crippen LogP contribution in [0, 0.1) is 13.8 Å². The van der Waals surface area contributed by atoms with Gasteiger partial charge in [0.2, 0.25) is 0 Å². The SMILES string of the molecule is Cc1cc([C@@H](C)N2C(=O)c3ccc(N)cc3C2=O)c(C)o1. The number of carbonyl (C=O) groups excluding carboxylic acids is 2. The average molecular weight is 284 g/mol. The van der Waals surface area contributed by atoms with E-state index >= 15 is 0 Å². The molecule has 2 heterocycles. The number of aryl methyl sites for hydroxylation is 2. The van der Waals surface area contributed by atoms with Gasteiger partial charge < -0.3 is 10.2 Å². The van der Waals surface area contributed by atoms with Gasteiger partial charge >= 0.3 is 0 Å². The number of hydrogen-bond acceptors (Lipinski definition) is 4. The van der Waals surface area contributed by atoms with Gasteiger partial charge in [-0.3, -0.25) is 14.5 Å². The van der Waals surface area contributed by atoms with E-state index in [1.165, 1.54) is 4.90 Å². The number of hydrogen-bond donors (Lipinski definition) is 1. The molecule has 5 nitrogen and oxygen atoms in total. The van der Waals surface area contributed by atoms with Crippen LogP contribution in [0.2, 0.25) is 0 Å².